The average molecular weight is 153 g/mol. The molecule has 2 fully saturated rings. The Labute approximate surface area is 65.4 Å². The second-order valence-electron chi connectivity index (χ2n) is 2.86. The minimum Gasteiger partial charge on any atom is -0.477 e. The zero-order chi connectivity index (χ0) is 7.68. The molecule has 0 aromatic heterocycles. The number of carbonyl (C=O) groups is 1. The van der Waals surface area contributed by atoms with Crippen LogP contribution in [0.4, 0.5) is 0 Å². The lowest BCUT2D eigenvalue weighted by molar-refractivity contribution is -0.114. The summed E-state index contributed by atoms with van der Waals surface area (Å²) in [5.41, 5.74) is 0.877. The van der Waals surface area contributed by atoms with Crippen LogP contribution in [0.15, 0.2) is 11.5 Å². The average Bonchev–Trinajstić information content (AvgIpc) is 2.55. The van der Waals surface area contributed by atoms with Gasteiger partial charge in [0.05, 0.1) is 12.1 Å². The van der Waals surface area contributed by atoms with Gasteiger partial charge < -0.3 is 10.1 Å². The number of hydrogen-bond donors (Lipinski definition) is 1. The third-order valence-electron chi connectivity index (χ3n) is 2.08. The molecule has 2 rings (SSSR count). The molecule has 0 aromatic rings. The fraction of sp³-hybridized carbons (Fsp3) is 0.625. The Hall–Kier alpha value is -0.990. The minimum absolute atomic E-state index is 0.259. The molecule has 0 aromatic carbocycles. The van der Waals surface area contributed by atoms with Crippen LogP contribution in [0.2, 0.25) is 0 Å². The molecule has 0 radical (unpaired) electrons. The molecule has 3 nitrogen and oxygen atoms in total. The van der Waals surface area contributed by atoms with E-state index in [2.05, 4.69) is 5.32 Å². The van der Waals surface area contributed by atoms with Gasteiger partial charge in [-0.1, -0.05) is 0 Å². The monoisotopic (exact) mass is 153 g/mol. The number of allylic oxidation sites excluding steroid dienone is 1. The Kier molecular flexibility index (Phi) is 1.56. The Morgan fingerprint density at radius 3 is 2.82 bits per heavy atom. The molecule has 1 saturated carbocycles. The molecule has 1 aliphatic carbocycles. The van der Waals surface area contributed by atoms with Crippen LogP contribution >= 0.6 is 0 Å². The van der Waals surface area contributed by atoms with Crippen molar-refractivity contribution >= 4 is 5.78 Å². The highest BCUT2D eigenvalue weighted by atomic mass is 16.5. The highest BCUT2D eigenvalue weighted by Gasteiger charge is 2.24. The van der Waals surface area contributed by atoms with Crippen molar-refractivity contribution in [2.24, 2.45) is 0 Å². The van der Waals surface area contributed by atoms with Crippen molar-refractivity contribution < 1.29 is 9.53 Å². The maximum Gasteiger partial charge on any atom is 0.193 e. The summed E-state index contributed by atoms with van der Waals surface area (Å²) in [6.45, 7) is 1.54. The summed E-state index contributed by atoms with van der Waals surface area (Å²) >= 11 is 0. The van der Waals surface area contributed by atoms with Gasteiger partial charge in [-0.15, -0.1) is 0 Å². The topological polar surface area (TPSA) is 38.3 Å². The van der Waals surface area contributed by atoms with E-state index in [9.17, 15) is 4.79 Å². The summed E-state index contributed by atoms with van der Waals surface area (Å²) in [4.78, 5) is 11.2. The van der Waals surface area contributed by atoms with Gasteiger partial charge in [-0.25, -0.2) is 0 Å². The zero-order valence-corrected chi connectivity index (χ0v) is 6.35. The number of Topliss-reactive ketones (excluding diaryl/α,β-unsaturated/α-hetero) is 1. The second-order valence-corrected chi connectivity index (χ2v) is 2.86. The van der Waals surface area contributed by atoms with E-state index in [1.807, 2.05) is 0 Å². The van der Waals surface area contributed by atoms with E-state index >= 15 is 0 Å². The number of nitrogens with one attached hydrogen (secondary N) is 1. The standard InChI is InChI=1S/C8H11NO2/c10-7-3-1-2-6(7)8-9-4-5-11-8/h9H,1-5H2/b8-6+. The molecule has 0 bridgehead atoms. The van der Waals surface area contributed by atoms with Crippen LogP contribution in [0.3, 0.4) is 0 Å². The quantitative estimate of drug-likeness (QED) is 0.517. The first-order chi connectivity index (χ1) is 5.38. The molecule has 0 atom stereocenters. The fourth-order valence-corrected chi connectivity index (χ4v) is 1.52. The molecule has 1 N–H and O–H groups in total. The fourth-order valence-electron chi connectivity index (χ4n) is 1.52. The van der Waals surface area contributed by atoms with Crippen molar-refractivity contribution in [1.29, 1.82) is 0 Å². The molecule has 60 valence electrons. The molecule has 11 heavy (non-hydrogen) atoms. The van der Waals surface area contributed by atoms with E-state index in [1.54, 1.807) is 0 Å². The van der Waals surface area contributed by atoms with Gasteiger partial charge in [-0.2, -0.15) is 0 Å². The number of ether oxygens (including phenoxy) is 1. The van der Waals surface area contributed by atoms with Crippen LogP contribution in [-0.4, -0.2) is 18.9 Å². The lowest BCUT2D eigenvalue weighted by Gasteiger charge is -2.01. The largest absolute Gasteiger partial charge is 0.477 e. The van der Waals surface area contributed by atoms with E-state index in [0.29, 0.717) is 13.0 Å². The maximum atomic E-state index is 11.2. The number of rotatable bonds is 0. The molecule has 3 heteroatoms. The molecular formula is C8H11NO2. The zero-order valence-electron chi connectivity index (χ0n) is 6.35. The first kappa shape index (κ1) is 6.70. The van der Waals surface area contributed by atoms with Crippen LogP contribution in [0, 0.1) is 0 Å². The van der Waals surface area contributed by atoms with Gasteiger partial charge in [0.1, 0.15) is 6.61 Å². The summed E-state index contributed by atoms with van der Waals surface area (Å²) in [6, 6.07) is 0. The molecule has 0 spiro atoms. The first-order valence-corrected chi connectivity index (χ1v) is 4.01. The summed E-state index contributed by atoms with van der Waals surface area (Å²) < 4.78 is 5.25. The Morgan fingerprint density at radius 2 is 2.27 bits per heavy atom. The molecule has 1 saturated heterocycles. The van der Waals surface area contributed by atoms with Gasteiger partial charge in [0.15, 0.2) is 11.7 Å². The highest BCUT2D eigenvalue weighted by molar-refractivity contribution is 5.97. The smallest absolute Gasteiger partial charge is 0.193 e. The summed E-state index contributed by atoms with van der Waals surface area (Å²) in [6.07, 6.45) is 2.58. The Morgan fingerprint density at radius 1 is 1.36 bits per heavy atom. The predicted molar refractivity (Wildman–Crippen MR) is 39.8 cm³/mol. The van der Waals surface area contributed by atoms with E-state index in [0.717, 1.165) is 30.8 Å². The van der Waals surface area contributed by atoms with Gasteiger partial charge >= 0.3 is 0 Å². The number of carbonyl (C=O) groups excluding carboxylic acids is 1. The van der Waals surface area contributed by atoms with Crippen molar-refractivity contribution in [3.05, 3.63) is 11.5 Å². The second kappa shape index (κ2) is 2.57. The Bertz CT molecular complexity index is 212. The van der Waals surface area contributed by atoms with Gasteiger partial charge in [0.2, 0.25) is 0 Å². The SMILES string of the molecule is O=C1CCC/C1=C1/NCCO1. The molecular weight excluding hydrogens is 142 g/mol. The van der Waals surface area contributed by atoms with Gasteiger partial charge in [-0.05, 0) is 12.8 Å². The predicted octanol–water partition coefficient (Wildman–Crippen LogP) is 0.571. The van der Waals surface area contributed by atoms with Crippen molar-refractivity contribution in [3.8, 4) is 0 Å². The molecule has 0 unspecified atom stereocenters. The van der Waals surface area contributed by atoms with Crippen molar-refractivity contribution in [2.45, 2.75) is 19.3 Å². The van der Waals surface area contributed by atoms with Crippen LogP contribution < -0.4 is 5.32 Å². The van der Waals surface area contributed by atoms with E-state index in [1.165, 1.54) is 0 Å². The van der Waals surface area contributed by atoms with Crippen molar-refractivity contribution in [1.82, 2.24) is 5.32 Å². The van der Waals surface area contributed by atoms with E-state index in [4.69, 9.17) is 4.74 Å². The van der Waals surface area contributed by atoms with E-state index < -0.39 is 0 Å². The van der Waals surface area contributed by atoms with Crippen LogP contribution in [0.5, 0.6) is 0 Å². The van der Waals surface area contributed by atoms with Gasteiger partial charge in [-0.3, -0.25) is 4.79 Å². The third-order valence-corrected chi connectivity index (χ3v) is 2.08. The summed E-state index contributed by atoms with van der Waals surface area (Å²) in [5, 5.41) is 3.07. The van der Waals surface area contributed by atoms with Crippen molar-refractivity contribution in [2.75, 3.05) is 13.2 Å². The summed E-state index contributed by atoms with van der Waals surface area (Å²) in [5.74, 6) is 1.00. The van der Waals surface area contributed by atoms with Crippen molar-refractivity contribution in [3.63, 3.8) is 0 Å². The number of ketones is 1. The normalized spacial score (nSPS) is 30.4. The lowest BCUT2D eigenvalue weighted by atomic mass is 10.2. The number of hydrogen-bond acceptors (Lipinski definition) is 3. The molecule has 2 aliphatic rings. The molecule has 0 amide bonds. The van der Waals surface area contributed by atoms with Gasteiger partial charge in [0.25, 0.3) is 0 Å². The summed E-state index contributed by atoms with van der Waals surface area (Å²) in [7, 11) is 0. The minimum atomic E-state index is 0.259. The van der Waals surface area contributed by atoms with E-state index in [-0.39, 0.29) is 5.78 Å². The van der Waals surface area contributed by atoms with Crippen LogP contribution in [0.1, 0.15) is 19.3 Å². The third kappa shape index (κ3) is 1.11. The first-order valence-electron chi connectivity index (χ1n) is 4.01. The Balaban J connectivity index is 2.23. The lowest BCUT2D eigenvalue weighted by Crippen LogP contribution is -2.09. The van der Waals surface area contributed by atoms with Gasteiger partial charge in [0, 0.05) is 6.42 Å². The van der Waals surface area contributed by atoms with Crippen LogP contribution in [-0.2, 0) is 9.53 Å². The molecule has 1 heterocycles. The van der Waals surface area contributed by atoms with Crippen LogP contribution in [0.25, 0.3) is 0 Å². The maximum absolute atomic E-state index is 11.2. The highest BCUT2D eigenvalue weighted by Crippen LogP contribution is 2.24. The molecule has 1 aliphatic heterocycles.